The smallest absolute Gasteiger partial charge is 0.367 e. The molecule has 0 unspecified atom stereocenters. The van der Waals surface area contributed by atoms with Gasteiger partial charge in [0.05, 0.1) is 25.4 Å². The van der Waals surface area contributed by atoms with E-state index >= 15 is 0 Å². The molecule has 0 saturated carbocycles. The Bertz CT molecular complexity index is 542. The second-order valence-electron chi connectivity index (χ2n) is 4.88. The van der Waals surface area contributed by atoms with Crippen molar-refractivity contribution in [3.63, 3.8) is 0 Å². The number of halogens is 1. The van der Waals surface area contributed by atoms with Gasteiger partial charge in [-0.25, -0.2) is 0 Å². The molecule has 1 aromatic carbocycles. The maximum absolute atomic E-state index is 5.86. The molecule has 0 amide bonds. The van der Waals surface area contributed by atoms with Gasteiger partial charge in [0.25, 0.3) is 0 Å². The number of hydrogen-bond acceptors (Lipinski definition) is 4. The fourth-order valence-electron chi connectivity index (χ4n) is 1.95. The Hall–Kier alpha value is -1.56. The second kappa shape index (κ2) is 8.02. The fraction of sp³-hybridized carbons (Fsp3) is 0.467. The van der Waals surface area contributed by atoms with Crippen molar-refractivity contribution in [3.8, 4) is 5.75 Å². The van der Waals surface area contributed by atoms with Crippen LogP contribution in [0, 0.1) is 0 Å². The predicted octanol–water partition coefficient (Wildman–Crippen LogP) is 0.981. The van der Waals surface area contributed by atoms with Gasteiger partial charge in [0.2, 0.25) is 0 Å². The molecule has 0 spiro atoms. The zero-order chi connectivity index (χ0) is 15.1. The number of nitrogens with zero attached hydrogens (tertiary/aromatic N) is 1. The summed E-state index contributed by atoms with van der Waals surface area (Å²) < 4.78 is 6.87. The maximum atomic E-state index is 5.86. The first-order chi connectivity index (χ1) is 10.2. The first-order valence-electron chi connectivity index (χ1n) is 7.28. The summed E-state index contributed by atoms with van der Waals surface area (Å²) in [6, 6.07) is 6.00. The van der Waals surface area contributed by atoms with Gasteiger partial charge in [-0.3, -0.25) is 10.3 Å². The maximum Gasteiger partial charge on any atom is 0.367 e. The number of unbranched alkanes of at least 4 members (excludes halogenated alkanes) is 1. The SMILES string of the molecule is CCCCOc1ccc(Br)cc1/C(C)=N\NC1=[NH+]CCN1. The van der Waals surface area contributed by atoms with E-state index < -0.39 is 0 Å². The molecule has 114 valence electrons. The Morgan fingerprint density at radius 1 is 1.52 bits per heavy atom. The highest BCUT2D eigenvalue weighted by Gasteiger charge is 2.12. The molecular weight excluding hydrogens is 332 g/mol. The van der Waals surface area contributed by atoms with E-state index in [1.54, 1.807) is 0 Å². The number of ether oxygens (including phenoxy) is 1. The summed E-state index contributed by atoms with van der Waals surface area (Å²) in [5, 5.41) is 7.59. The number of nitrogens with one attached hydrogen (secondary N) is 3. The minimum absolute atomic E-state index is 0.728. The summed E-state index contributed by atoms with van der Waals surface area (Å²) in [4.78, 5) is 3.18. The first kappa shape index (κ1) is 15.8. The van der Waals surface area contributed by atoms with Gasteiger partial charge < -0.3 is 4.74 Å². The lowest BCUT2D eigenvalue weighted by Gasteiger charge is -2.11. The van der Waals surface area contributed by atoms with E-state index in [-0.39, 0.29) is 0 Å². The Morgan fingerprint density at radius 2 is 2.38 bits per heavy atom. The monoisotopic (exact) mass is 353 g/mol. The molecule has 2 rings (SSSR count). The van der Waals surface area contributed by atoms with Crippen LogP contribution in [0.4, 0.5) is 0 Å². The fourth-order valence-corrected chi connectivity index (χ4v) is 2.31. The molecule has 1 aliphatic heterocycles. The molecular formula is C15H22BrN4O+. The molecule has 0 fully saturated rings. The number of hydrogen-bond donors (Lipinski definition) is 3. The van der Waals surface area contributed by atoms with Gasteiger partial charge in [-0.2, -0.15) is 5.43 Å². The summed E-state index contributed by atoms with van der Waals surface area (Å²) in [5.74, 6) is 1.71. The molecule has 5 nitrogen and oxygen atoms in total. The van der Waals surface area contributed by atoms with Crippen LogP contribution in [-0.2, 0) is 0 Å². The van der Waals surface area contributed by atoms with Crippen LogP contribution in [0.5, 0.6) is 5.75 Å². The van der Waals surface area contributed by atoms with Crippen LogP contribution >= 0.6 is 15.9 Å². The molecule has 3 N–H and O–H groups in total. The Balaban J connectivity index is 2.11. The van der Waals surface area contributed by atoms with Gasteiger partial charge in [0.1, 0.15) is 5.75 Å². The molecule has 21 heavy (non-hydrogen) atoms. The van der Waals surface area contributed by atoms with Gasteiger partial charge in [-0.1, -0.05) is 29.3 Å². The topological polar surface area (TPSA) is 59.6 Å². The summed E-state index contributed by atoms with van der Waals surface area (Å²) in [6.45, 7) is 6.68. The summed E-state index contributed by atoms with van der Waals surface area (Å²) in [5.41, 5.74) is 4.88. The number of rotatable bonds is 6. The zero-order valence-corrected chi connectivity index (χ0v) is 14.1. The van der Waals surface area contributed by atoms with Crippen LogP contribution in [0.3, 0.4) is 0 Å². The molecule has 0 bridgehead atoms. The predicted molar refractivity (Wildman–Crippen MR) is 88.7 cm³/mol. The van der Waals surface area contributed by atoms with Gasteiger partial charge in [0, 0.05) is 10.0 Å². The van der Waals surface area contributed by atoms with Crippen molar-refractivity contribution in [1.82, 2.24) is 10.7 Å². The van der Waals surface area contributed by atoms with Crippen molar-refractivity contribution in [3.05, 3.63) is 28.2 Å². The minimum Gasteiger partial charge on any atom is -0.493 e. The minimum atomic E-state index is 0.728. The molecule has 0 radical (unpaired) electrons. The lowest BCUT2D eigenvalue weighted by atomic mass is 10.1. The first-order valence-corrected chi connectivity index (χ1v) is 8.07. The molecule has 1 aliphatic rings. The molecule has 0 atom stereocenters. The summed E-state index contributed by atoms with van der Waals surface area (Å²) in [6.07, 6.45) is 2.17. The second-order valence-corrected chi connectivity index (χ2v) is 5.80. The van der Waals surface area contributed by atoms with Crippen molar-refractivity contribution < 1.29 is 9.73 Å². The van der Waals surface area contributed by atoms with E-state index in [1.165, 1.54) is 0 Å². The quantitative estimate of drug-likeness (QED) is 0.406. The standard InChI is InChI=1S/C15H21BrN4O/c1-3-4-9-21-14-6-5-12(16)10-13(14)11(2)19-20-15-17-7-8-18-15/h5-6,10H,3-4,7-9H2,1-2H3,(H2,17,18,20)/p+1/b19-11-. The van der Waals surface area contributed by atoms with Crippen LogP contribution in [0.1, 0.15) is 32.3 Å². The number of hydrazone groups is 1. The summed E-state index contributed by atoms with van der Waals surface area (Å²) in [7, 11) is 0. The van der Waals surface area contributed by atoms with Crippen LogP contribution < -0.4 is 20.5 Å². The normalized spacial score (nSPS) is 14.6. The number of benzene rings is 1. The van der Waals surface area contributed by atoms with Gasteiger partial charge >= 0.3 is 5.96 Å². The van der Waals surface area contributed by atoms with E-state index in [9.17, 15) is 0 Å². The molecule has 0 saturated heterocycles. The zero-order valence-electron chi connectivity index (χ0n) is 12.5. The highest BCUT2D eigenvalue weighted by Crippen LogP contribution is 2.24. The van der Waals surface area contributed by atoms with E-state index in [0.29, 0.717) is 0 Å². The van der Waals surface area contributed by atoms with Crippen molar-refractivity contribution in [1.29, 1.82) is 0 Å². The van der Waals surface area contributed by atoms with E-state index in [1.807, 2.05) is 25.1 Å². The van der Waals surface area contributed by atoms with Crippen molar-refractivity contribution >= 4 is 27.6 Å². The number of guanidine groups is 1. The van der Waals surface area contributed by atoms with E-state index in [4.69, 9.17) is 4.74 Å². The van der Waals surface area contributed by atoms with Crippen molar-refractivity contribution in [2.24, 2.45) is 5.10 Å². The molecule has 6 heteroatoms. The average Bonchev–Trinajstić information content (AvgIpc) is 3.00. The Morgan fingerprint density at radius 3 is 3.10 bits per heavy atom. The summed E-state index contributed by atoms with van der Waals surface area (Å²) >= 11 is 3.50. The third-order valence-electron chi connectivity index (χ3n) is 3.15. The third kappa shape index (κ3) is 4.74. The molecule has 1 heterocycles. The molecule has 0 aliphatic carbocycles. The highest BCUT2D eigenvalue weighted by molar-refractivity contribution is 9.10. The van der Waals surface area contributed by atoms with E-state index in [2.05, 4.69) is 43.7 Å². The van der Waals surface area contributed by atoms with Crippen LogP contribution in [0.15, 0.2) is 27.8 Å². The van der Waals surface area contributed by atoms with Gasteiger partial charge in [-0.05, 0) is 31.5 Å². The Labute approximate surface area is 134 Å². The van der Waals surface area contributed by atoms with Crippen LogP contribution in [0.25, 0.3) is 0 Å². The van der Waals surface area contributed by atoms with Crippen LogP contribution in [0.2, 0.25) is 0 Å². The lowest BCUT2D eigenvalue weighted by molar-refractivity contribution is -0.446. The largest absolute Gasteiger partial charge is 0.493 e. The molecule has 1 aromatic rings. The van der Waals surface area contributed by atoms with Crippen molar-refractivity contribution in [2.75, 3.05) is 19.7 Å². The lowest BCUT2D eigenvalue weighted by Crippen LogP contribution is -2.73. The van der Waals surface area contributed by atoms with Crippen LogP contribution in [-0.4, -0.2) is 31.4 Å². The third-order valence-corrected chi connectivity index (χ3v) is 3.64. The molecule has 0 aromatic heterocycles. The van der Waals surface area contributed by atoms with Gasteiger partial charge in [-0.15, -0.1) is 5.10 Å². The Kier molecular flexibility index (Phi) is 6.04. The van der Waals surface area contributed by atoms with Crippen molar-refractivity contribution in [2.45, 2.75) is 26.7 Å². The highest BCUT2D eigenvalue weighted by atomic mass is 79.9. The van der Waals surface area contributed by atoms with Gasteiger partial charge in [0.15, 0.2) is 0 Å². The van der Waals surface area contributed by atoms with E-state index in [0.717, 1.165) is 60.0 Å². The average molecular weight is 354 g/mol.